The molecule has 0 heterocycles. The standard InChI is InChI=1S/C17H30N4O/c1-5-21(16-10-8-7-9-15(16)3)13-11-19-17(18-4)20-12-14-22-6-2/h7-10H,5-6,11-14H2,1-4H3,(H2,18,19,20). The molecule has 0 aliphatic rings. The average Bonchev–Trinajstić information content (AvgIpc) is 2.54. The van der Waals surface area contributed by atoms with E-state index in [0.29, 0.717) is 6.61 Å². The number of nitrogens with zero attached hydrogens (tertiary/aromatic N) is 2. The zero-order valence-corrected chi connectivity index (χ0v) is 14.4. The molecular weight excluding hydrogens is 276 g/mol. The molecule has 0 saturated carbocycles. The summed E-state index contributed by atoms with van der Waals surface area (Å²) in [4.78, 5) is 6.59. The van der Waals surface area contributed by atoms with Gasteiger partial charge in [-0.3, -0.25) is 4.99 Å². The van der Waals surface area contributed by atoms with Crippen molar-refractivity contribution in [1.82, 2.24) is 10.6 Å². The number of para-hydroxylation sites is 1. The van der Waals surface area contributed by atoms with Crippen molar-refractivity contribution >= 4 is 11.6 Å². The van der Waals surface area contributed by atoms with Crippen LogP contribution in [0.3, 0.4) is 0 Å². The van der Waals surface area contributed by atoms with Crippen molar-refractivity contribution in [3.05, 3.63) is 29.8 Å². The van der Waals surface area contributed by atoms with E-state index in [9.17, 15) is 0 Å². The van der Waals surface area contributed by atoms with Crippen LogP contribution >= 0.6 is 0 Å². The van der Waals surface area contributed by atoms with Crippen LogP contribution in [0.1, 0.15) is 19.4 Å². The Morgan fingerprint density at radius 1 is 1.18 bits per heavy atom. The Kier molecular flexibility index (Phi) is 9.07. The monoisotopic (exact) mass is 306 g/mol. The molecule has 0 aliphatic heterocycles. The van der Waals surface area contributed by atoms with E-state index in [-0.39, 0.29) is 0 Å². The molecule has 124 valence electrons. The fourth-order valence-electron chi connectivity index (χ4n) is 2.28. The van der Waals surface area contributed by atoms with Crippen LogP contribution in [0.2, 0.25) is 0 Å². The number of anilines is 1. The molecule has 5 nitrogen and oxygen atoms in total. The minimum atomic E-state index is 0.696. The number of hydrogen-bond acceptors (Lipinski definition) is 3. The Bertz CT molecular complexity index is 448. The first-order valence-corrected chi connectivity index (χ1v) is 8.05. The van der Waals surface area contributed by atoms with Crippen molar-refractivity contribution in [2.24, 2.45) is 4.99 Å². The van der Waals surface area contributed by atoms with E-state index < -0.39 is 0 Å². The summed E-state index contributed by atoms with van der Waals surface area (Å²) in [5, 5.41) is 6.58. The molecule has 2 N–H and O–H groups in total. The van der Waals surface area contributed by atoms with Crippen LogP contribution in [0.25, 0.3) is 0 Å². The Labute approximate surface area is 134 Å². The van der Waals surface area contributed by atoms with Crippen molar-refractivity contribution in [2.45, 2.75) is 20.8 Å². The number of nitrogens with one attached hydrogen (secondary N) is 2. The number of likely N-dealkylation sites (N-methyl/N-ethyl adjacent to an activating group) is 1. The fraction of sp³-hybridized carbons (Fsp3) is 0.588. The van der Waals surface area contributed by atoms with Gasteiger partial charge in [-0.05, 0) is 32.4 Å². The molecule has 0 saturated heterocycles. The van der Waals surface area contributed by atoms with Gasteiger partial charge >= 0.3 is 0 Å². The number of benzene rings is 1. The van der Waals surface area contributed by atoms with E-state index in [4.69, 9.17) is 4.74 Å². The molecule has 0 radical (unpaired) electrons. The number of hydrogen-bond donors (Lipinski definition) is 2. The maximum absolute atomic E-state index is 5.31. The maximum atomic E-state index is 5.31. The molecule has 5 heteroatoms. The molecule has 0 unspecified atom stereocenters. The smallest absolute Gasteiger partial charge is 0.191 e. The number of aliphatic imine (C=N–C) groups is 1. The fourth-order valence-corrected chi connectivity index (χ4v) is 2.28. The first-order valence-electron chi connectivity index (χ1n) is 8.05. The Morgan fingerprint density at radius 3 is 2.55 bits per heavy atom. The molecule has 0 bridgehead atoms. The van der Waals surface area contributed by atoms with Gasteiger partial charge in [0.25, 0.3) is 0 Å². The van der Waals surface area contributed by atoms with E-state index in [2.05, 4.69) is 58.6 Å². The summed E-state index contributed by atoms with van der Waals surface area (Å²) in [6.07, 6.45) is 0. The van der Waals surface area contributed by atoms with E-state index in [1.807, 2.05) is 6.92 Å². The molecular formula is C17H30N4O. The molecule has 0 aliphatic carbocycles. The lowest BCUT2D eigenvalue weighted by atomic mass is 10.2. The molecule has 1 aromatic carbocycles. The average molecular weight is 306 g/mol. The highest BCUT2D eigenvalue weighted by molar-refractivity contribution is 5.79. The van der Waals surface area contributed by atoms with Gasteiger partial charge in [-0.1, -0.05) is 18.2 Å². The topological polar surface area (TPSA) is 48.9 Å². The van der Waals surface area contributed by atoms with Gasteiger partial charge < -0.3 is 20.3 Å². The van der Waals surface area contributed by atoms with Gasteiger partial charge in [0.05, 0.1) is 6.61 Å². The Balaban J connectivity index is 2.38. The maximum Gasteiger partial charge on any atom is 0.191 e. The number of rotatable bonds is 9. The van der Waals surface area contributed by atoms with Gasteiger partial charge in [-0.15, -0.1) is 0 Å². The third-order valence-electron chi connectivity index (χ3n) is 3.48. The van der Waals surface area contributed by atoms with E-state index in [0.717, 1.165) is 38.7 Å². The highest BCUT2D eigenvalue weighted by Gasteiger charge is 2.06. The summed E-state index contributed by atoms with van der Waals surface area (Å²) in [7, 11) is 1.79. The summed E-state index contributed by atoms with van der Waals surface area (Å²) < 4.78 is 5.31. The second-order valence-corrected chi connectivity index (χ2v) is 4.99. The van der Waals surface area contributed by atoms with Crippen LogP contribution in [0.5, 0.6) is 0 Å². The molecule has 0 amide bonds. The van der Waals surface area contributed by atoms with Gasteiger partial charge in [0, 0.05) is 45.5 Å². The summed E-state index contributed by atoms with van der Waals surface area (Å²) in [5.41, 5.74) is 2.61. The molecule has 0 fully saturated rings. The summed E-state index contributed by atoms with van der Waals surface area (Å²) in [5.74, 6) is 0.820. The zero-order chi connectivity index (χ0) is 16.2. The van der Waals surface area contributed by atoms with E-state index >= 15 is 0 Å². The van der Waals surface area contributed by atoms with Gasteiger partial charge in [-0.25, -0.2) is 0 Å². The van der Waals surface area contributed by atoms with E-state index in [1.165, 1.54) is 11.3 Å². The highest BCUT2D eigenvalue weighted by Crippen LogP contribution is 2.18. The molecule has 0 spiro atoms. The van der Waals surface area contributed by atoms with E-state index in [1.54, 1.807) is 7.05 Å². The third-order valence-corrected chi connectivity index (χ3v) is 3.48. The number of aryl methyl sites for hydroxylation is 1. The van der Waals surface area contributed by atoms with Crippen LogP contribution < -0.4 is 15.5 Å². The lowest BCUT2D eigenvalue weighted by molar-refractivity contribution is 0.152. The minimum absolute atomic E-state index is 0.696. The molecule has 0 atom stereocenters. The lowest BCUT2D eigenvalue weighted by Gasteiger charge is -2.25. The first kappa shape index (κ1) is 18.3. The van der Waals surface area contributed by atoms with Gasteiger partial charge in [0.2, 0.25) is 0 Å². The Morgan fingerprint density at radius 2 is 1.91 bits per heavy atom. The number of guanidine groups is 1. The van der Waals surface area contributed by atoms with Gasteiger partial charge in [0.15, 0.2) is 5.96 Å². The quantitative estimate of drug-likeness (QED) is 0.416. The summed E-state index contributed by atoms with van der Waals surface area (Å²) in [6, 6.07) is 8.50. The zero-order valence-electron chi connectivity index (χ0n) is 14.4. The van der Waals surface area contributed by atoms with Crippen LogP contribution in [0, 0.1) is 6.92 Å². The Hall–Kier alpha value is -1.75. The van der Waals surface area contributed by atoms with Gasteiger partial charge in [0.1, 0.15) is 0 Å². The predicted molar refractivity (Wildman–Crippen MR) is 94.9 cm³/mol. The normalized spacial score (nSPS) is 11.4. The second kappa shape index (κ2) is 10.9. The molecule has 1 rings (SSSR count). The lowest BCUT2D eigenvalue weighted by Crippen LogP contribution is -2.42. The van der Waals surface area contributed by atoms with Crippen molar-refractivity contribution in [2.75, 3.05) is 51.3 Å². The molecule has 0 aromatic heterocycles. The van der Waals surface area contributed by atoms with Crippen molar-refractivity contribution < 1.29 is 4.74 Å². The molecule has 22 heavy (non-hydrogen) atoms. The SMILES string of the molecule is CCOCCNC(=NC)NCCN(CC)c1ccccc1C. The second-order valence-electron chi connectivity index (χ2n) is 4.99. The number of ether oxygens (including phenoxy) is 1. The van der Waals surface area contributed by atoms with Crippen molar-refractivity contribution in [3.8, 4) is 0 Å². The predicted octanol–water partition coefficient (Wildman–Crippen LogP) is 2.02. The van der Waals surface area contributed by atoms with Crippen LogP contribution in [0.15, 0.2) is 29.3 Å². The van der Waals surface area contributed by atoms with Crippen molar-refractivity contribution in [1.29, 1.82) is 0 Å². The summed E-state index contributed by atoms with van der Waals surface area (Å²) >= 11 is 0. The van der Waals surface area contributed by atoms with Crippen LogP contribution in [-0.2, 0) is 4.74 Å². The first-order chi connectivity index (χ1) is 10.7. The van der Waals surface area contributed by atoms with Gasteiger partial charge in [-0.2, -0.15) is 0 Å². The largest absolute Gasteiger partial charge is 0.380 e. The summed E-state index contributed by atoms with van der Waals surface area (Å²) in [6.45, 7) is 11.3. The third kappa shape index (κ3) is 6.35. The van der Waals surface area contributed by atoms with Crippen molar-refractivity contribution in [3.63, 3.8) is 0 Å². The highest BCUT2D eigenvalue weighted by atomic mass is 16.5. The molecule has 1 aromatic rings. The van der Waals surface area contributed by atoms with Crippen LogP contribution in [0.4, 0.5) is 5.69 Å². The van der Waals surface area contributed by atoms with Crippen LogP contribution in [-0.4, -0.2) is 52.4 Å². The minimum Gasteiger partial charge on any atom is -0.380 e.